The molecule has 0 fully saturated rings. The fourth-order valence-electron chi connectivity index (χ4n) is 5.15. The van der Waals surface area contributed by atoms with Crippen LogP contribution in [0.5, 0.6) is 0 Å². The van der Waals surface area contributed by atoms with E-state index in [1.165, 1.54) is 19.1 Å². The van der Waals surface area contributed by atoms with Crippen LogP contribution in [0.15, 0.2) is 83.9 Å². The second-order valence-electron chi connectivity index (χ2n) is 8.78. The Balaban J connectivity index is 2.01. The number of dihydropyridines is 1. The smallest absolute Gasteiger partial charge is 0.285 e. The first-order valence-electron chi connectivity index (χ1n) is 11.0. The minimum atomic E-state index is -5.37. The van der Waals surface area contributed by atoms with Crippen LogP contribution in [-0.2, 0) is 25.1 Å². The molecule has 1 aliphatic heterocycles. The van der Waals surface area contributed by atoms with Gasteiger partial charge >= 0.3 is 0 Å². The number of allylic oxidation sites excluding steroid dienone is 1. The maximum absolute atomic E-state index is 13.4. The highest BCUT2D eigenvalue weighted by Crippen LogP contribution is 2.58. The number of hydrogen-bond donors (Lipinski definition) is 2. The summed E-state index contributed by atoms with van der Waals surface area (Å²) in [5, 5.41) is 0. The van der Waals surface area contributed by atoms with Gasteiger partial charge in [0.05, 0.1) is 5.69 Å². The van der Waals surface area contributed by atoms with Gasteiger partial charge in [-0.05, 0) is 48.3 Å². The predicted octanol–water partition coefficient (Wildman–Crippen LogP) is 4.31. The Labute approximate surface area is 209 Å². The van der Waals surface area contributed by atoms with Gasteiger partial charge in [-0.1, -0.05) is 72.8 Å². The summed E-state index contributed by atoms with van der Waals surface area (Å²) in [5.41, 5.74) is 2.08. The van der Waals surface area contributed by atoms with E-state index in [4.69, 9.17) is 0 Å². The Morgan fingerprint density at radius 2 is 1.39 bits per heavy atom. The Morgan fingerprint density at radius 3 is 1.94 bits per heavy atom. The van der Waals surface area contributed by atoms with Crippen LogP contribution in [-0.4, -0.2) is 41.4 Å². The van der Waals surface area contributed by atoms with Crippen LogP contribution in [0.1, 0.15) is 29.4 Å². The Hall–Kier alpha value is -3.44. The molecule has 5 rings (SSSR count). The first-order chi connectivity index (χ1) is 16.9. The van der Waals surface area contributed by atoms with Crippen molar-refractivity contribution in [1.82, 2.24) is 4.98 Å². The third-order valence-electron chi connectivity index (χ3n) is 6.53. The molecular formula is C26H22N2O6S2. The molecule has 0 amide bonds. The summed E-state index contributed by atoms with van der Waals surface area (Å²) in [4.78, 5) is 5.83. The Morgan fingerprint density at radius 1 is 0.806 bits per heavy atom. The van der Waals surface area contributed by atoms with Crippen LogP contribution in [0.25, 0.3) is 22.8 Å². The molecule has 2 aliphatic rings. The summed E-state index contributed by atoms with van der Waals surface area (Å²) in [6.07, 6.45) is 3.92. The highest BCUT2D eigenvalue weighted by Gasteiger charge is 2.72. The second kappa shape index (κ2) is 8.04. The van der Waals surface area contributed by atoms with Gasteiger partial charge in [-0.3, -0.25) is 19.1 Å². The van der Waals surface area contributed by atoms with E-state index in [0.29, 0.717) is 16.8 Å². The molecule has 2 unspecified atom stereocenters. The van der Waals surface area contributed by atoms with Crippen LogP contribution >= 0.6 is 0 Å². The third-order valence-corrected chi connectivity index (χ3v) is 9.48. The first kappa shape index (κ1) is 24.3. The topological polar surface area (TPSA) is 134 Å². The lowest BCUT2D eigenvalue weighted by Crippen LogP contribution is -2.62. The average Bonchev–Trinajstić information content (AvgIpc) is 2.82. The van der Waals surface area contributed by atoms with Crippen LogP contribution < -0.4 is 0 Å². The summed E-state index contributed by atoms with van der Waals surface area (Å²) in [6, 6.07) is 19.0. The number of benzene rings is 2. The standard InChI is InChI=1S/C26H22N2O6S2/c1-17-15-22(19-9-5-3-6-10-19)21-13-14-25(35(29,30)31)23(20-11-7-4-8-12-20)16-18(2)28-26(25,24(21)27-17)36(32,33)34/h3-16H,1-2H3,(H,29,30,31)(H,32,33,34). The molecule has 0 spiro atoms. The zero-order chi connectivity index (χ0) is 25.9. The molecule has 0 bridgehead atoms. The summed E-state index contributed by atoms with van der Waals surface area (Å²) >= 11 is 0. The minimum Gasteiger partial charge on any atom is -0.285 e. The molecule has 1 aromatic heterocycles. The van der Waals surface area contributed by atoms with Crippen molar-refractivity contribution in [2.75, 3.05) is 0 Å². The van der Waals surface area contributed by atoms with E-state index in [-0.39, 0.29) is 22.5 Å². The highest BCUT2D eigenvalue weighted by atomic mass is 32.2. The first-order valence-corrected chi connectivity index (χ1v) is 13.9. The lowest BCUT2D eigenvalue weighted by atomic mass is 9.75. The van der Waals surface area contributed by atoms with Gasteiger partial charge in [-0.2, -0.15) is 16.8 Å². The number of fused-ring (bicyclic) bond motifs is 3. The van der Waals surface area contributed by atoms with Gasteiger partial charge in [0.1, 0.15) is 0 Å². The molecular weight excluding hydrogens is 500 g/mol. The molecule has 3 aromatic rings. The van der Waals surface area contributed by atoms with E-state index in [1.54, 1.807) is 43.3 Å². The summed E-state index contributed by atoms with van der Waals surface area (Å²) < 4.78 is 72.3. The molecule has 0 saturated carbocycles. The van der Waals surface area contributed by atoms with E-state index >= 15 is 0 Å². The lowest BCUT2D eigenvalue weighted by molar-refractivity contribution is 0.381. The minimum absolute atomic E-state index is 0.0535. The van der Waals surface area contributed by atoms with Crippen LogP contribution in [0.3, 0.4) is 0 Å². The molecule has 8 nitrogen and oxygen atoms in total. The van der Waals surface area contributed by atoms with Crippen LogP contribution in [0.4, 0.5) is 0 Å². The van der Waals surface area contributed by atoms with Gasteiger partial charge < -0.3 is 0 Å². The monoisotopic (exact) mass is 522 g/mol. The van der Waals surface area contributed by atoms with Gasteiger partial charge in [-0.25, -0.2) is 0 Å². The molecule has 36 heavy (non-hydrogen) atoms. The number of pyridine rings is 1. The van der Waals surface area contributed by atoms with Crippen molar-refractivity contribution in [2.45, 2.75) is 23.5 Å². The molecule has 0 radical (unpaired) electrons. The molecule has 2 aromatic carbocycles. The number of aryl methyl sites for hydroxylation is 1. The normalized spacial score (nSPS) is 23.3. The molecule has 1 aliphatic carbocycles. The molecule has 2 heterocycles. The zero-order valence-electron chi connectivity index (χ0n) is 19.3. The maximum Gasteiger partial charge on any atom is 0.299 e. The van der Waals surface area contributed by atoms with Crippen LogP contribution in [0.2, 0.25) is 0 Å². The Kier molecular flexibility index (Phi) is 5.42. The lowest BCUT2D eigenvalue weighted by Gasteiger charge is -2.47. The van der Waals surface area contributed by atoms with E-state index in [2.05, 4.69) is 9.98 Å². The van der Waals surface area contributed by atoms with Gasteiger partial charge in [0, 0.05) is 17.0 Å². The number of aromatic nitrogens is 1. The summed E-state index contributed by atoms with van der Waals surface area (Å²) in [6.45, 7) is 3.13. The van der Waals surface area contributed by atoms with Gasteiger partial charge in [-0.15, -0.1) is 0 Å². The number of rotatable bonds is 4. The third kappa shape index (κ3) is 3.26. The van der Waals surface area contributed by atoms with E-state index in [0.717, 1.165) is 11.6 Å². The fourth-order valence-corrected chi connectivity index (χ4v) is 8.19. The number of nitrogens with zero attached hydrogens (tertiary/aromatic N) is 2. The maximum atomic E-state index is 13.4. The number of aliphatic imine (C=N–C) groups is 1. The fraction of sp³-hybridized carbons (Fsp3) is 0.154. The van der Waals surface area contributed by atoms with Crippen molar-refractivity contribution >= 4 is 37.6 Å². The molecule has 2 N–H and O–H groups in total. The Bertz CT molecular complexity index is 1700. The predicted molar refractivity (Wildman–Crippen MR) is 138 cm³/mol. The van der Waals surface area contributed by atoms with E-state index in [9.17, 15) is 25.9 Å². The quantitative estimate of drug-likeness (QED) is 0.488. The van der Waals surface area contributed by atoms with Crippen molar-refractivity contribution < 1.29 is 25.9 Å². The van der Waals surface area contributed by atoms with Gasteiger partial charge in [0.2, 0.25) is 0 Å². The van der Waals surface area contributed by atoms with Crippen LogP contribution in [0, 0.1) is 6.92 Å². The molecule has 10 heteroatoms. The zero-order valence-corrected chi connectivity index (χ0v) is 21.0. The molecule has 0 saturated heterocycles. The second-order valence-corrected chi connectivity index (χ2v) is 11.9. The summed E-state index contributed by atoms with van der Waals surface area (Å²) in [5.74, 6) is 0. The van der Waals surface area contributed by atoms with E-state index < -0.39 is 29.9 Å². The van der Waals surface area contributed by atoms with E-state index in [1.807, 2.05) is 30.3 Å². The van der Waals surface area contributed by atoms with Gasteiger partial charge in [0.25, 0.3) is 25.1 Å². The average molecular weight is 523 g/mol. The van der Waals surface area contributed by atoms with Gasteiger partial charge in [0.15, 0.2) is 4.75 Å². The largest absolute Gasteiger partial charge is 0.299 e. The van der Waals surface area contributed by atoms with Crippen molar-refractivity contribution in [3.63, 3.8) is 0 Å². The molecule has 2 atom stereocenters. The molecule has 184 valence electrons. The van der Waals surface area contributed by atoms with Crippen molar-refractivity contribution in [1.29, 1.82) is 0 Å². The number of hydrogen-bond acceptors (Lipinski definition) is 6. The SMILES string of the molecule is CC1=NC2(S(=O)(=O)O)c3nc(C)cc(-c4ccccc4)c3C=CC2(S(=O)(=O)O)C(c2ccccc2)=C1. The van der Waals surface area contributed by atoms with Crippen molar-refractivity contribution in [2.24, 2.45) is 4.99 Å². The summed E-state index contributed by atoms with van der Waals surface area (Å²) in [7, 11) is -10.7. The van der Waals surface area contributed by atoms with Crippen molar-refractivity contribution in [3.8, 4) is 11.1 Å². The van der Waals surface area contributed by atoms with Crippen molar-refractivity contribution in [3.05, 3.63) is 101 Å². The highest BCUT2D eigenvalue weighted by molar-refractivity contribution is 7.92.